The van der Waals surface area contributed by atoms with E-state index in [1.807, 2.05) is 43.3 Å². The van der Waals surface area contributed by atoms with Crippen molar-refractivity contribution in [2.45, 2.75) is 18.4 Å². The van der Waals surface area contributed by atoms with E-state index >= 15 is 0 Å². The number of aromatic amines is 1. The summed E-state index contributed by atoms with van der Waals surface area (Å²) in [6, 6.07) is 18.4. The van der Waals surface area contributed by atoms with E-state index in [1.165, 1.54) is 11.8 Å². The summed E-state index contributed by atoms with van der Waals surface area (Å²) in [6.45, 7) is 1.97. The van der Waals surface area contributed by atoms with E-state index in [9.17, 15) is 9.59 Å². The fraction of sp³-hybridized carbons (Fsp3) is 0.115. The Morgan fingerprint density at radius 2 is 1.71 bits per heavy atom. The maximum Gasteiger partial charge on any atom is 0.307 e. The van der Waals surface area contributed by atoms with Crippen molar-refractivity contribution in [1.82, 2.24) is 10.2 Å². The number of anilines is 1. The number of hydrogen-bond donors (Lipinski definition) is 3. The number of carboxylic acids is 1. The van der Waals surface area contributed by atoms with Crippen LogP contribution in [0.15, 0.2) is 71.9 Å². The van der Waals surface area contributed by atoms with E-state index in [4.69, 9.17) is 28.3 Å². The molecule has 1 heterocycles. The van der Waals surface area contributed by atoms with E-state index in [2.05, 4.69) is 15.5 Å². The lowest BCUT2D eigenvalue weighted by Gasteiger charge is -2.10. The first-order valence-electron chi connectivity index (χ1n) is 10.6. The molecule has 4 rings (SSSR count). The summed E-state index contributed by atoms with van der Waals surface area (Å²) >= 11 is 14.2. The molecule has 4 aromatic rings. The highest BCUT2D eigenvalue weighted by Crippen LogP contribution is 2.35. The molecule has 0 saturated carbocycles. The van der Waals surface area contributed by atoms with Gasteiger partial charge in [-0.1, -0.05) is 77.4 Å². The zero-order valence-corrected chi connectivity index (χ0v) is 21.0. The van der Waals surface area contributed by atoms with Gasteiger partial charge in [-0.3, -0.25) is 14.7 Å². The molecule has 178 valence electrons. The number of nitrogens with zero attached hydrogens (tertiary/aromatic N) is 1. The van der Waals surface area contributed by atoms with E-state index < -0.39 is 5.97 Å². The van der Waals surface area contributed by atoms with Gasteiger partial charge in [0.25, 0.3) is 0 Å². The molecule has 1 aromatic heterocycles. The predicted molar refractivity (Wildman–Crippen MR) is 141 cm³/mol. The SMILES string of the molecule is Cc1ccc(-c2cn[nH]c2SCC(=O)Nc2ccc(-c3ccc(CC(=O)O)cc3)cc2Cl)c(Cl)c1. The number of aromatic nitrogens is 2. The first-order chi connectivity index (χ1) is 16.8. The van der Waals surface area contributed by atoms with Crippen molar-refractivity contribution >= 4 is 52.5 Å². The third kappa shape index (κ3) is 6.25. The summed E-state index contributed by atoms with van der Waals surface area (Å²) in [7, 11) is 0. The lowest BCUT2D eigenvalue weighted by molar-refractivity contribution is -0.136. The van der Waals surface area contributed by atoms with Crippen LogP contribution in [-0.4, -0.2) is 32.9 Å². The number of nitrogens with one attached hydrogen (secondary N) is 2. The average molecular weight is 526 g/mol. The Bertz CT molecular complexity index is 1390. The maximum absolute atomic E-state index is 12.6. The molecular formula is C26H21Cl2N3O3S. The molecule has 0 spiro atoms. The van der Waals surface area contributed by atoms with Gasteiger partial charge < -0.3 is 10.4 Å². The van der Waals surface area contributed by atoms with Crippen LogP contribution in [0.1, 0.15) is 11.1 Å². The van der Waals surface area contributed by atoms with Crippen molar-refractivity contribution in [3.8, 4) is 22.3 Å². The fourth-order valence-electron chi connectivity index (χ4n) is 3.52. The van der Waals surface area contributed by atoms with Gasteiger partial charge in [0.15, 0.2) is 0 Å². The van der Waals surface area contributed by atoms with Gasteiger partial charge in [0.2, 0.25) is 5.91 Å². The highest BCUT2D eigenvalue weighted by atomic mass is 35.5. The highest BCUT2D eigenvalue weighted by molar-refractivity contribution is 8.00. The molecule has 0 bridgehead atoms. The van der Waals surface area contributed by atoms with E-state index in [0.29, 0.717) is 15.7 Å². The van der Waals surface area contributed by atoms with E-state index in [1.54, 1.807) is 30.5 Å². The lowest BCUT2D eigenvalue weighted by atomic mass is 10.0. The van der Waals surface area contributed by atoms with Crippen molar-refractivity contribution in [3.63, 3.8) is 0 Å². The monoisotopic (exact) mass is 525 g/mol. The van der Waals surface area contributed by atoms with E-state index in [-0.39, 0.29) is 18.1 Å². The summed E-state index contributed by atoms with van der Waals surface area (Å²) in [5, 5.41) is 20.6. The van der Waals surface area contributed by atoms with Crippen LogP contribution in [0, 0.1) is 6.92 Å². The normalized spacial score (nSPS) is 10.8. The lowest BCUT2D eigenvalue weighted by Crippen LogP contribution is -2.14. The van der Waals surface area contributed by atoms with Gasteiger partial charge in [-0.25, -0.2) is 0 Å². The van der Waals surface area contributed by atoms with Crippen molar-refractivity contribution in [3.05, 3.63) is 88.0 Å². The third-order valence-corrected chi connectivity index (χ3v) is 6.88. The summed E-state index contributed by atoms with van der Waals surface area (Å²) in [5.41, 5.74) is 5.74. The van der Waals surface area contributed by atoms with Crippen LogP contribution in [0.4, 0.5) is 5.69 Å². The van der Waals surface area contributed by atoms with E-state index in [0.717, 1.165) is 38.4 Å². The van der Waals surface area contributed by atoms with Crippen molar-refractivity contribution in [1.29, 1.82) is 0 Å². The van der Waals surface area contributed by atoms with Crippen LogP contribution in [0.3, 0.4) is 0 Å². The Kier molecular flexibility index (Phi) is 7.80. The molecule has 3 aromatic carbocycles. The molecule has 6 nitrogen and oxygen atoms in total. The zero-order valence-electron chi connectivity index (χ0n) is 18.6. The Balaban J connectivity index is 1.40. The summed E-state index contributed by atoms with van der Waals surface area (Å²) in [5.74, 6) is -0.929. The van der Waals surface area contributed by atoms with Gasteiger partial charge in [-0.2, -0.15) is 5.10 Å². The minimum Gasteiger partial charge on any atom is -0.481 e. The number of rotatable bonds is 8. The molecule has 0 saturated heterocycles. The molecule has 0 aliphatic carbocycles. The highest BCUT2D eigenvalue weighted by Gasteiger charge is 2.14. The predicted octanol–water partition coefficient (Wildman–Crippen LogP) is 6.72. The number of thioether (sulfide) groups is 1. The average Bonchev–Trinajstić information content (AvgIpc) is 3.27. The number of carbonyl (C=O) groups is 2. The summed E-state index contributed by atoms with van der Waals surface area (Å²) < 4.78 is 0. The van der Waals surface area contributed by atoms with Crippen LogP contribution >= 0.6 is 35.0 Å². The molecule has 35 heavy (non-hydrogen) atoms. The molecular weight excluding hydrogens is 505 g/mol. The van der Waals surface area contributed by atoms with Gasteiger partial charge in [0.1, 0.15) is 0 Å². The van der Waals surface area contributed by atoms with Gasteiger partial charge in [0, 0.05) is 16.1 Å². The first-order valence-corrected chi connectivity index (χ1v) is 12.4. The van der Waals surface area contributed by atoms with Crippen LogP contribution in [0.5, 0.6) is 0 Å². The zero-order chi connectivity index (χ0) is 24.9. The minimum atomic E-state index is -0.873. The maximum atomic E-state index is 12.6. The van der Waals surface area contributed by atoms with Crippen molar-refractivity contribution in [2.75, 3.05) is 11.1 Å². The Morgan fingerprint density at radius 3 is 2.40 bits per heavy atom. The quantitative estimate of drug-likeness (QED) is 0.222. The summed E-state index contributed by atoms with van der Waals surface area (Å²) in [6.07, 6.45) is 1.67. The molecule has 3 N–H and O–H groups in total. The van der Waals surface area contributed by atoms with Gasteiger partial charge in [-0.05, 0) is 47.4 Å². The molecule has 0 atom stereocenters. The largest absolute Gasteiger partial charge is 0.481 e. The Hall–Kier alpha value is -3.26. The molecule has 0 unspecified atom stereocenters. The van der Waals surface area contributed by atoms with Gasteiger partial charge in [0.05, 0.1) is 34.1 Å². The van der Waals surface area contributed by atoms with Crippen LogP contribution in [0.25, 0.3) is 22.3 Å². The molecule has 0 aliphatic heterocycles. The number of carboxylic acid groups (broad SMARTS) is 1. The molecule has 0 radical (unpaired) electrons. The number of H-pyrrole nitrogens is 1. The first kappa shape index (κ1) is 24.9. The smallest absolute Gasteiger partial charge is 0.307 e. The number of aryl methyl sites for hydroxylation is 1. The van der Waals surface area contributed by atoms with Crippen LogP contribution < -0.4 is 5.32 Å². The van der Waals surface area contributed by atoms with Crippen molar-refractivity contribution < 1.29 is 14.7 Å². The number of aliphatic carboxylic acids is 1. The molecule has 0 aliphatic rings. The van der Waals surface area contributed by atoms with Crippen LogP contribution in [0.2, 0.25) is 10.0 Å². The second kappa shape index (κ2) is 11.0. The number of hydrogen-bond acceptors (Lipinski definition) is 4. The van der Waals surface area contributed by atoms with Gasteiger partial charge in [-0.15, -0.1) is 0 Å². The van der Waals surface area contributed by atoms with Gasteiger partial charge >= 0.3 is 5.97 Å². The second-order valence-corrected chi connectivity index (χ2v) is 9.70. The Labute approximate surface area is 216 Å². The standard InChI is InChI=1S/C26H21Cl2N3O3S/c1-15-2-8-19(21(27)10-15)20-13-29-31-26(20)35-14-24(32)30-23-9-7-18(12-22(23)28)17-5-3-16(4-6-17)11-25(33)34/h2-10,12-13H,11,14H2,1H3,(H,29,31)(H,30,32)(H,33,34). The number of halogens is 2. The Morgan fingerprint density at radius 1 is 0.971 bits per heavy atom. The van der Waals surface area contributed by atoms with Crippen molar-refractivity contribution in [2.24, 2.45) is 0 Å². The van der Waals surface area contributed by atoms with Crippen LogP contribution in [-0.2, 0) is 16.0 Å². The summed E-state index contributed by atoms with van der Waals surface area (Å²) in [4.78, 5) is 23.5. The third-order valence-electron chi connectivity index (χ3n) is 5.25. The molecule has 0 fully saturated rings. The number of benzene rings is 3. The second-order valence-electron chi connectivity index (χ2n) is 7.90. The minimum absolute atomic E-state index is 0.0257. The number of amides is 1. The number of carbonyl (C=O) groups excluding carboxylic acids is 1. The fourth-order valence-corrected chi connectivity index (χ4v) is 4.87. The molecule has 1 amide bonds. The molecule has 9 heteroatoms. The topological polar surface area (TPSA) is 95.1 Å².